The number of carbonyl (C=O) groups excluding carboxylic acids is 2. The summed E-state index contributed by atoms with van der Waals surface area (Å²) in [7, 11) is 0. The van der Waals surface area contributed by atoms with Gasteiger partial charge in [0.25, 0.3) is 0 Å². The van der Waals surface area contributed by atoms with Gasteiger partial charge in [0.2, 0.25) is 0 Å². The van der Waals surface area contributed by atoms with Gasteiger partial charge in [-0.25, -0.2) is 0 Å². The number of aliphatic carboxylic acids is 1. The van der Waals surface area contributed by atoms with Crippen LogP contribution in [-0.2, 0) is 23.9 Å². The molecule has 0 saturated heterocycles. The molecule has 20 heavy (non-hydrogen) atoms. The van der Waals surface area contributed by atoms with Crippen LogP contribution in [0.5, 0.6) is 0 Å². The molecule has 0 aromatic carbocycles. The number of carboxylic acid groups (broad SMARTS) is 1. The Morgan fingerprint density at radius 3 is 1.90 bits per heavy atom. The van der Waals surface area contributed by atoms with Gasteiger partial charge in [-0.1, -0.05) is 12.2 Å². The van der Waals surface area contributed by atoms with Crippen molar-refractivity contribution in [2.75, 3.05) is 13.2 Å². The summed E-state index contributed by atoms with van der Waals surface area (Å²) in [5.41, 5.74) is -2.94. The summed E-state index contributed by atoms with van der Waals surface area (Å²) in [6.07, 6.45) is 3.01. The van der Waals surface area contributed by atoms with Crippen LogP contribution >= 0.6 is 0 Å². The van der Waals surface area contributed by atoms with E-state index in [-0.39, 0.29) is 13.2 Å². The van der Waals surface area contributed by atoms with E-state index in [9.17, 15) is 19.5 Å². The Morgan fingerprint density at radius 1 is 1.20 bits per heavy atom. The van der Waals surface area contributed by atoms with Gasteiger partial charge in [-0.3, -0.25) is 14.4 Å². The van der Waals surface area contributed by atoms with Crippen LogP contribution in [0.4, 0.5) is 0 Å². The third kappa shape index (κ3) is 2.30. The monoisotopic (exact) mass is 284 g/mol. The molecule has 1 N–H and O–H groups in total. The van der Waals surface area contributed by atoms with Crippen LogP contribution in [0.3, 0.4) is 0 Å². The number of allylic oxidation sites excluding steroid dienone is 1. The summed E-state index contributed by atoms with van der Waals surface area (Å²) in [5, 5.41) is 9.29. The van der Waals surface area contributed by atoms with Gasteiger partial charge >= 0.3 is 17.9 Å². The number of esters is 2. The number of rotatable bonds is 6. The van der Waals surface area contributed by atoms with E-state index in [1.165, 1.54) is 19.9 Å². The van der Waals surface area contributed by atoms with Crippen LogP contribution in [0.1, 0.15) is 27.7 Å². The molecular weight excluding hydrogens is 264 g/mol. The predicted octanol–water partition coefficient (Wildman–Crippen LogP) is 1.40. The van der Waals surface area contributed by atoms with Crippen molar-refractivity contribution in [1.29, 1.82) is 0 Å². The van der Waals surface area contributed by atoms with Crippen LogP contribution in [-0.4, -0.2) is 36.2 Å². The molecule has 1 aliphatic carbocycles. The summed E-state index contributed by atoms with van der Waals surface area (Å²) in [4.78, 5) is 35.7. The molecule has 0 unspecified atom stereocenters. The van der Waals surface area contributed by atoms with E-state index in [2.05, 4.69) is 0 Å². The molecular formula is C14H20O6. The topological polar surface area (TPSA) is 89.9 Å². The van der Waals surface area contributed by atoms with Crippen LogP contribution in [0.2, 0.25) is 0 Å². The highest BCUT2D eigenvalue weighted by atomic mass is 16.6. The van der Waals surface area contributed by atoms with E-state index < -0.39 is 34.7 Å². The number of carbonyl (C=O) groups is 3. The van der Waals surface area contributed by atoms with Gasteiger partial charge in [0.15, 0.2) is 5.41 Å². The Labute approximate surface area is 117 Å². The van der Waals surface area contributed by atoms with Crippen molar-refractivity contribution < 1.29 is 29.0 Å². The molecule has 0 heterocycles. The molecule has 0 aliphatic heterocycles. The largest absolute Gasteiger partial charge is 0.481 e. The second-order valence-electron chi connectivity index (χ2n) is 5.07. The highest BCUT2D eigenvalue weighted by Crippen LogP contribution is 2.50. The van der Waals surface area contributed by atoms with E-state index in [0.717, 1.165) is 0 Å². The van der Waals surface area contributed by atoms with Gasteiger partial charge in [-0.05, 0) is 27.7 Å². The summed E-state index contributed by atoms with van der Waals surface area (Å²) in [6.45, 7) is 6.30. The van der Waals surface area contributed by atoms with Crippen LogP contribution in [0.25, 0.3) is 0 Å². The smallest absolute Gasteiger partial charge is 0.323 e. The first-order chi connectivity index (χ1) is 9.25. The average Bonchev–Trinajstić information content (AvgIpc) is 2.36. The second kappa shape index (κ2) is 5.64. The van der Waals surface area contributed by atoms with Crippen LogP contribution in [0.15, 0.2) is 12.2 Å². The fraction of sp³-hybridized carbons (Fsp3) is 0.643. The molecule has 6 nitrogen and oxygen atoms in total. The van der Waals surface area contributed by atoms with E-state index in [1.807, 2.05) is 0 Å². The maximum absolute atomic E-state index is 12.2. The molecule has 0 spiro atoms. The third-order valence-electron chi connectivity index (χ3n) is 3.76. The molecule has 0 fully saturated rings. The lowest BCUT2D eigenvalue weighted by Gasteiger charge is -2.44. The normalized spacial score (nSPS) is 24.7. The first-order valence-electron chi connectivity index (χ1n) is 6.52. The lowest BCUT2D eigenvalue weighted by atomic mass is 9.57. The van der Waals surface area contributed by atoms with E-state index in [4.69, 9.17) is 9.47 Å². The average molecular weight is 284 g/mol. The van der Waals surface area contributed by atoms with Gasteiger partial charge in [-0.15, -0.1) is 0 Å². The molecule has 112 valence electrons. The zero-order valence-corrected chi connectivity index (χ0v) is 12.1. The Bertz CT molecular complexity index is 435. The van der Waals surface area contributed by atoms with Crippen molar-refractivity contribution in [1.82, 2.24) is 0 Å². The molecule has 0 aromatic rings. The third-order valence-corrected chi connectivity index (χ3v) is 3.76. The Hall–Kier alpha value is -1.85. The Balaban J connectivity index is 3.20. The minimum Gasteiger partial charge on any atom is -0.481 e. The zero-order valence-electron chi connectivity index (χ0n) is 12.1. The fourth-order valence-corrected chi connectivity index (χ4v) is 2.38. The van der Waals surface area contributed by atoms with Crippen LogP contribution in [0, 0.1) is 16.7 Å². The fourth-order valence-electron chi connectivity index (χ4n) is 2.38. The van der Waals surface area contributed by atoms with E-state index in [0.29, 0.717) is 0 Å². The number of ether oxygens (including phenoxy) is 2. The molecule has 1 aliphatic rings. The van der Waals surface area contributed by atoms with Crippen LogP contribution < -0.4 is 0 Å². The molecule has 0 aromatic heterocycles. The molecule has 1 rings (SSSR count). The van der Waals surface area contributed by atoms with Gasteiger partial charge < -0.3 is 14.6 Å². The minimum atomic E-state index is -1.66. The summed E-state index contributed by atoms with van der Waals surface area (Å²) >= 11 is 0. The summed E-state index contributed by atoms with van der Waals surface area (Å²) < 4.78 is 9.88. The van der Waals surface area contributed by atoms with Gasteiger partial charge in [0.1, 0.15) is 0 Å². The number of hydrogen-bond acceptors (Lipinski definition) is 5. The van der Waals surface area contributed by atoms with Crippen molar-refractivity contribution in [2.24, 2.45) is 16.7 Å². The quantitative estimate of drug-likeness (QED) is 0.450. The van der Waals surface area contributed by atoms with E-state index >= 15 is 0 Å². The molecule has 2 atom stereocenters. The molecule has 0 radical (unpaired) electrons. The minimum absolute atomic E-state index is 0.105. The summed E-state index contributed by atoms with van der Waals surface area (Å²) in [5.74, 6) is -3.42. The predicted molar refractivity (Wildman–Crippen MR) is 69.7 cm³/mol. The van der Waals surface area contributed by atoms with Gasteiger partial charge in [-0.2, -0.15) is 0 Å². The number of carboxylic acids is 1. The van der Waals surface area contributed by atoms with E-state index in [1.54, 1.807) is 19.9 Å². The SMILES string of the molecule is CCOC(=O)C(C)(C(=O)OCC)[C@@H]1C=C[C@@]1(C)C(=O)O. The lowest BCUT2D eigenvalue weighted by molar-refractivity contribution is -0.179. The van der Waals surface area contributed by atoms with Crippen molar-refractivity contribution in [3.8, 4) is 0 Å². The Morgan fingerprint density at radius 2 is 1.65 bits per heavy atom. The standard InChI is InChI=1S/C14H20O6/c1-5-19-11(17)14(4,12(18)20-6-2)9-7-8-13(9,3)10(15)16/h7-9H,5-6H2,1-4H3,(H,15,16)/t9-,13-/m1/s1. The maximum Gasteiger partial charge on any atom is 0.323 e. The Kier molecular flexibility index (Phi) is 4.57. The number of hydrogen-bond donors (Lipinski definition) is 1. The lowest BCUT2D eigenvalue weighted by Crippen LogP contribution is -2.55. The zero-order chi connectivity index (χ0) is 15.6. The van der Waals surface area contributed by atoms with Crippen molar-refractivity contribution >= 4 is 17.9 Å². The molecule has 0 amide bonds. The van der Waals surface area contributed by atoms with Gasteiger partial charge in [0, 0.05) is 5.92 Å². The molecule has 0 bridgehead atoms. The van der Waals surface area contributed by atoms with Gasteiger partial charge in [0.05, 0.1) is 18.6 Å². The first kappa shape index (κ1) is 16.2. The molecule has 6 heteroatoms. The first-order valence-corrected chi connectivity index (χ1v) is 6.52. The van der Waals surface area contributed by atoms with Crippen molar-refractivity contribution in [3.63, 3.8) is 0 Å². The maximum atomic E-state index is 12.2. The second-order valence-corrected chi connectivity index (χ2v) is 5.07. The van der Waals surface area contributed by atoms with Crippen molar-refractivity contribution in [3.05, 3.63) is 12.2 Å². The van der Waals surface area contributed by atoms with Crippen molar-refractivity contribution in [2.45, 2.75) is 27.7 Å². The molecule has 0 saturated carbocycles. The highest BCUT2D eigenvalue weighted by molar-refractivity contribution is 6.02. The summed E-state index contributed by atoms with van der Waals surface area (Å²) in [6, 6.07) is 0. The highest BCUT2D eigenvalue weighted by Gasteiger charge is 2.61.